The summed E-state index contributed by atoms with van der Waals surface area (Å²) in [5.41, 5.74) is -0.349. The van der Waals surface area contributed by atoms with Crippen molar-refractivity contribution < 1.29 is 5.11 Å². The van der Waals surface area contributed by atoms with Gasteiger partial charge in [0.15, 0.2) is 0 Å². The predicted molar refractivity (Wildman–Crippen MR) is 49.7 cm³/mol. The molecule has 0 aliphatic carbocycles. The monoisotopic (exact) mass is 158 g/mol. The molecule has 0 amide bonds. The van der Waals surface area contributed by atoms with Gasteiger partial charge in [0, 0.05) is 0 Å². The highest BCUT2D eigenvalue weighted by molar-refractivity contribution is 4.76. The fraction of sp³-hybridized carbons (Fsp3) is 1.00. The molecule has 0 radical (unpaired) electrons. The number of hydrogen-bond acceptors (Lipinski definition) is 1. The molecule has 0 aromatic heterocycles. The molecule has 0 rings (SSSR count). The van der Waals surface area contributed by atoms with Gasteiger partial charge in [0.1, 0.15) is 0 Å². The lowest BCUT2D eigenvalue weighted by molar-refractivity contribution is 0.0123. The molecule has 0 atom stereocenters. The van der Waals surface area contributed by atoms with Gasteiger partial charge in [0.2, 0.25) is 0 Å². The molecule has 0 saturated heterocycles. The second-order valence-electron chi connectivity index (χ2n) is 3.47. The standard InChI is InChI=1S/C10H22O/c1-4-7-10(11,8-5-2)9-6-3/h11H,4-9H2,1-3H3. The summed E-state index contributed by atoms with van der Waals surface area (Å²) in [6, 6.07) is 0. The minimum atomic E-state index is -0.349. The van der Waals surface area contributed by atoms with Crippen LogP contribution in [0.3, 0.4) is 0 Å². The van der Waals surface area contributed by atoms with Gasteiger partial charge in [-0.1, -0.05) is 40.0 Å². The van der Waals surface area contributed by atoms with Crippen molar-refractivity contribution in [3.8, 4) is 0 Å². The van der Waals surface area contributed by atoms with Crippen molar-refractivity contribution in [2.24, 2.45) is 0 Å². The summed E-state index contributed by atoms with van der Waals surface area (Å²) in [5.74, 6) is 0. The Morgan fingerprint density at radius 1 is 0.818 bits per heavy atom. The van der Waals surface area contributed by atoms with Gasteiger partial charge in [-0.05, 0) is 19.3 Å². The van der Waals surface area contributed by atoms with Crippen LogP contribution in [-0.4, -0.2) is 10.7 Å². The molecule has 0 unspecified atom stereocenters. The van der Waals surface area contributed by atoms with Gasteiger partial charge in [-0.25, -0.2) is 0 Å². The van der Waals surface area contributed by atoms with E-state index in [0.29, 0.717) is 0 Å². The summed E-state index contributed by atoms with van der Waals surface area (Å²) in [6.07, 6.45) is 6.18. The van der Waals surface area contributed by atoms with Crippen LogP contribution in [0.1, 0.15) is 59.3 Å². The number of aliphatic hydroxyl groups is 1. The zero-order valence-corrected chi connectivity index (χ0v) is 8.19. The van der Waals surface area contributed by atoms with E-state index >= 15 is 0 Å². The molecule has 68 valence electrons. The highest BCUT2D eigenvalue weighted by Gasteiger charge is 2.22. The topological polar surface area (TPSA) is 20.2 Å². The summed E-state index contributed by atoms with van der Waals surface area (Å²) in [5, 5.41) is 10.0. The van der Waals surface area contributed by atoms with E-state index in [2.05, 4.69) is 20.8 Å². The lowest BCUT2D eigenvalue weighted by atomic mass is 9.88. The van der Waals surface area contributed by atoms with E-state index in [1.54, 1.807) is 0 Å². The van der Waals surface area contributed by atoms with Crippen LogP contribution in [0.4, 0.5) is 0 Å². The van der Waals surface area contributed by atoms with Crippen molar-refractivity contribution in [3.63, 3.8) is 0 Å². The largest absolute Gasteiger partial charge is 0.390 e. The third-order valence-corrected chi connectivity index (χ3v) is 2.15. The molecular weight excluding hydrogens is 136 g/mol. The fourth-order valence-corrected chi connectivity index (χ4v) is 1.77. The second kappa shape index (κ2) is 5.59. The first-order valence-corrected chi connectivity index (χ1v) is 4.91. The summed E-state index contributed by atoms with van der Waals surface area (Å²) >= 11 is 0. The van der Waals surface area contributed by atoms with Crippen molar-refractivity contribution >= 4 is 0 Å². The Kier molecular flexibility index (Phi) is 5.57. The van der Waals surface area contributed by atoms with Crippen LogP contribution >= 0.6 is 0 Å². The average molecular weight is 158 g/mol. The second-order valence-corrected chi connectivity index (χ2v) is 3.47. The van der Waals surface area contributed by atoms with Gasteiger partial charge < -0.3 is 5.11 Å². The van der Waals surface area contributed by atoms with E-state index < -0.39 is 0 Å². The molecular formula is C10H22O. The van der Waals surface area contributed by atoms with Crippen molar-refractivity contribution in [2.75, 3.05) is 0 Å². The Morgan fingerprint density at radius 2 is 1.09 bits per heavy atom. The normalized spacial score (nSPS) is 12.0. The van der Waals surface area contributed by atoms with Gasteiger partial charge in [0.05, 0.1) is 5.60 Å². The van der Waals surface area contributed by atoms with Crippen molar-refractivity contribution in [1.29, 1.82) is 0 Å². The molecule has 1 heteroatoms. The van der Waals surface area contributed by atoms with Crippen LogP contribution in [-0.2, 0) is 0 Å². The van der Waals surface area contributed by atoms with E-state index in [1.165, 1.54) is 0 Å². The Balaban J connectivity index is 3.79. The van der Waals surface area contributed by atoms with E-state index in [1.807, 2.05) is 0 Å². The molecule has 0 bridgehead atoms. The lowest BCUT2D eigenvalue weighted by Gasteiger charge is -2.26. The third kappa shape index (κ3) is 4.41. The van der Waals surface area contributed by atoms with Gasteiger partial charge in [0.25, 0.3) is 0 Å². The molecule has 0 aromatic rings. The first-order valence-electron chi connectivity index (χ1n) is 4.91. The fourth-order valence-electron chi connectivity index (χ4n) is 1.77. The minimum absolute atomic E-state index is 0.349. The summed E-state index contributed by atoms with van der Waals surface area (Å²) < 4.78 is 0. The lowest BCUT2D eigenvalue weighted by Crippen LogP contribution is -2.27. The first kappa shape index (κ1) is 11.0. The summed E-state index contributed by atoms with van der Waals surface area (Å²) in [4.78, 5) is 0. The molecule has 1 nitrogen and oxygen atoms in total. The summed E-state index contributed by atoms with van der Waals surface area (Å²) in [6.45, 7) is 6.41. The Hall–Kier alpha value is -0.0400. The average Bonchev–Trinajstić information content (AvgIpc) is 1.88. The molecule has 11 heavy (non-hydrogen) atoms. The minimum Gasteiger partial charge on any atom is -0.390 e. The van der Waals surface area contributed by atoms with Crippen LogP contribution in [0.5, 0.6) is 0 Å². The molecule has 0 heterocycles. The Morgan fingerprint density at radius 3 is 1.27 bits per heavy atom. The Labute approximate surface area is 70.8 Å². The molecule has 1 N–H and O–H groups in total. The first-order chi connectivity index (χ1) is 5.18. The zero-order valence-electron chi connectivity index (χ0n) is 8.19. The zero-order chi connectivity index (χ0) is 8.74. The molecule has 0 aliphatic rings. The number of hydrogen-bond donors (Lipinski definition) is 1. The molecule has 0 aromatic carbocycles. The van der Waals surface area contributed by atoms with Gasteiger partial charge in [-0.2, -0.15) is 0 Å². The van der Waals surface area contributed by atoms with Crippen molar-refractivity contribution in [1.82, 2.24) is 0 Å². The predicted octanol–water partition coefficient (Wildman–Crippen LogP) is 3.12. The van der Waals surface area contributed by atoms with Crippen molar-refractivity contribution in [3.05, 3.63) is 0 Å². The highest BCUT2D eigenvalue weighted by atomic mass is 16.3. The van der Waals surface area contributed by atoms with Gasteiger partial charge >= 0.3 is 0 Å². The van der Waals surface area contributed by atoms with Crippen LogP contribution in [0.25, 0.3) is 0 Å². The maximum absolute atomic E-state index is 10.0. The quantitative estimate of drug-likeness (QED) is 0.629. The van der Waals surface area contributed by atoms with Crippen LogP contribution in [0.2, 0.25) is 0 Å². The molecule has 0 aliphatic heterocycles. The molecule has 0 fully saturated rings. The van der Waals surface area contributed by atoms with Gasteiger partial charge in [-0.15, -0.1) is 0 Å². The van der Waals surface area contributed by atoms with Gasteiger partial charge in [-0.3, -0.25) is 0 Å². The Bertz CT molecular complexity index is 71.9. The van der Waals surface area contributed by atoms with E-state index in [0.717, 1.165) is 38.5 Å². The maximum Gasteiger partial charge on any atom is 0.0647 e. The van der Waals surface area contributed by atoms with E-state index in [9.17, 15) is 5.11 Å². The number of rotatable bonds is 6. The SMILES string of the molecule is CCCC(O)(CCC)CCC. The smallest absolute Gasteiger partial charge is 0.0647 e. The molecule has 0 saturated carbocycles. The van der Waals surface area contributed by atoms with Crippen LogP contribution < -0.4 is 0 Å². The van der Waals surface area contributed by atoms with Crippen LogP contribution in [0.15, 0.2) is 0 Å². The van der Waals surface area contributed by atoms with E-state index in [4.69, 9.17) is 0 Å². The van der Waals surface area contributed by atoms with Crippen LogP contribution in [0, 0.1) is 0 Å². The summed E-state index contributed by atoms with van der Waals surface area (Å²) in [7, 11) is 0. The highest BCUT2D eigenvalue weighted by Crippen LogP contribution is 2.24. The molecule has 0 spiro atoms. The van der Waals surface area contributed by atoms with E-state index in [-0.39, 0.29) is 5.60 Å². The third-order valence-electron chi connectivity index (χ3n) is 2.15. The van der Waals surface area contributed by atoms with Crippen molar-refractivity contribution in [2.45, 2.75) is 64.9 Å². The maximum atomic E-state index is 10.0.